The summed E-state index contributed by atoms with van der Waals surface area (Å²) in [5.41, 5.74) is 9.17. The van der Waals surface area contributed by atoms with E-state index in [1.54, 1.807) is 18.5 Å². The maximum absolute atomic E-state index is 12.9. The van der Waals surface area contributed by atoms with E-state index in [9.17, 15) is 19.8 Å². The number of Topliss-reactive ketones (excluding diaryl/α,β-unsaturated/α-hetero) is 2. The van der Waals surface area contributed by atoms with Gasteiger partial charge in [0.15, 0.2) is 11.5 Å². The Balaban J connectivity index is 1.25. The van der Waals surface area contributed by atoms with Gasteiger partial charge >= 0.3 is 0 Å². The second kappa shape index (κ2) is 16.3. The van der Waals surface area contributed by atoms with Crippen LogP contribution in [-0.4, -0.2) is 40.5 Å². The summed E-state index contributed by atoms with van der Waals surface area (Å²) in [7, 11) is 1.49. The van der Waals surface area contributed by atoms with Gasteiger partial charge in [0.25, 0.3) is 0 Å². The third-order valence-electron chi connectivity index (χ3n) is 10.3. The summed E-state index contributed by atoms with van der Waals surface area (Å²) in [6, 6.07) is 9.27. The number of methoxy groups -OCH3 is 1. The first kappa shape index (κ1) is 34.4. The molecule has 2 aromatic heterocycles. The fraction of sp³-hybridized carbons (Fsp3) is 0.513. The fourth-order valence-corrected chi connectivity index (χ4v) is 7.68. The first-order valence-corrected chi connectivity index (χ1v) is 17.4. The molecule has 2 atom stereocenters. The Morgan fingerprint density at radius 1 is 1.04 bits per heavy atom. The summed E-state index contributed by atoms with van der Waals surface area (Å²) in [6.45, 7) is -0.213. The number of ketones is 2. The van der Waals surface area contributed by atoms with Crippen LogP contribution in [-0.2, 0) is 22.4 Å². The average Bonchev–Trinajstić information content (AvgIpc) is 3.59. The van der Waals surface area contributed by atoms with Gasteiger partial charge < -0.3 is 25.7 Å². The van der Waals surface area contributed by atoms with Crippen molar-refractivity contribution in [1.82, 2.24) is 9.97 Å². The third-order valence-corrected chi connectivity index (χ3v) is 10.3. The lowest BCUT2D eigenvalue weighted by atomic mass is 9.63. The van der Waals surface area contributed by atoms with E-state index in [1.807, 2.05) is 36.4 Å². The molecule has 2 unspecified atom stereocenters. The Morgan fingerprint density at radius 2 is 1.83 bits per heavy atom. The number of fused-ring (bicyclic) bond motifs is 1. The Hall–Kier alpha value is -3.91. The number of ether oxygens (including phenoxy) is 1. The van der Waals surface area contributed by atoms with Crippen molar-refractivity contribution in [3.8, 4) is 11.5 Å². The molecule has 1 aromatic carbocycles. The fourth-order valence-electron chi connectivity index (χ4n) is 7.68. The standard InChI is InChI=1S/C39H50N3O5/c1-47-35-23-28(15-16-31(45)24-30(44)14-8-3-2-5-10-27-11-6-4-7-12-27)22-34(37(35)46)36-32-18-21-42-38(40)33(32)17-19-39(36,26-43)25-29-13-9-20-41-29/h9,13,17-23,27,36,43,46H,2-8,10-12,14-16,24-26H2,1H3,(H2,40,42)/q-1. The number of carbonyl (C=O) groups is 2. The molecule has 8 heteroatoms. The molecule has 4 N–H and O–H groups in total. The van der Waals surface area contributed by atoms with Gasteiger partial charge in [-0.25, -0.2) is 4.98 Å². The molecule has 2 aliphatic rings. The van der Waals surface area contributed by atoms with Crippen LogP contribution < -0.4 is 15.5 Å². The highest BCUT2D eigenvalue weighted by Crippen LogP contribution is 2.53. The maximum atomic E-state index is 12.9. The van der Waals surface area contributed by atoms with Gasteiger partial charge in [-0.1, -0.05) is 88.1 Å². The summed E-state index contributed by atoms with van der Waals surface area (Å²) >= 11 is 0. The van der Waals surface area contributed by atoms with E-state index >= 15 is 0 Å². The molecule has 5 rings (SSSR count). The van der Waals surface area contributed by atoms with Crippen LogP contribution in [0.15, 0.2) is 48.8 Å². The van der Waals surface area contributed by atoms with E-state index in [2.05, 4.69) is 9.97 Å². The average molecular weight is 641 g/mol. The van der Waals surface area contributed by atoms with Crippen LogP contribution in [0.2, 0.25) is 0 Å². The molecule has 2 heterocycles. The number of benzene rings is 1. The normalized spacial score (nSPS) is 19.4. The summed E-state index contributed by atoms with van der Waals surface area (Å²) in [5, 5.41) is 22.5. The summed E-state index contributed by atoms with van der Waals surface area (Å²) in [5.74, 6) is 0.920. The molecule has 0 saturated heterocycles. The number of nitrogen functional groups attached to an aromatic ring is 1. The van der Waals surface area contributed by atoms with E-state index in [0.29, 0.717) is 30.6 Å². The summed E-state index contributed by atoms with van der Waals surface area (Å²) < 4.78 is 5.60. The summed E-state index contributed by atoms with van der Waals surface area (Å²) in [4.78, 5) is 34.2. The Morgan fingerprint density at radius 3 is 2.57 bits per heavy atom. The number of hydrogen-bond donors (Lipinski definition) is 3. The lowest BCUT2D eigenvalue weighted by Gasteiger charge is -2.42. The van der Waals surface area contributed by atoms with Gasteiger partial charge in [0.1, 0.15) is 17.4 Å². The van der Waals surface area contributed by atoms with Crippen LogP contribution in [0.5, 0.6) is 11.5 Å². The molecule has 0 aliphatic heterocycles. The number of aromatic nitrogens is 2. The zero-order valence-corrected chi connectivity index (χ0v) is 27.8. The van der Waals surface area contributed by atoms with Crippen molar-refractivity contribution in [3.63, 3.8) is 0 Å². The predicted molar refractivity (Wildman–Crippen MR) is 184 cm³/mol. The van der Waals surface area contributed by atoms with Gasteiger partial charge in [0.2, 0.25) is 0 Å². The number of rotatable bonds is 17. The molecular formula is C39H50N3O5-. The van der Waals surface area contributed by atoms with Crippen molar-refractivity contribution in [2.45, 2.75) is 102 Å². The van der Waals surface area contributed by atoms with E-state index in [-0.39, 0.29) is 42.5 Å². The molecule has 2 aliphatic carbocycles. The molecule has 47 heavy (non-hydrogen) atoms. The number of phenols is 1. The lowest BCUT2D eigenvalue weighted by molar-refractivity contribution is -0.127. The second-order valence-corrected chi connectivity index (χ2v) is 13.6. The Kier molecular flexibility index (Phi) is 11.9. The molecule has 8 nitrogen and oxygen atoms in total. The molecular weight excluding hydrogens is 590 g/mol. The van der Waals surface area contributed by atoms with Crippen molar-refractivity contribution in [2.75, 3.05) is 19.5 Å². The van der Waals surface area contributed by atoms with Crippen LogP contribution in [0.1, 0.15) is 117 Å². The Labute approximate surface area is 278 Å². The topological polar surface area (TPSA) is 137 Å². The third kappa shape index (κ3) is 8.52. The van der Waals surface area contributed by atoms with Crippen LogP contribution in [0.4, 0.5) is 5.82 Å². The van der Waals surface area contributed by atoms with Gasteiger partial charge in [0.05, 0.1) is 20.1 Å². The summed E-state index contributed by atoms with van der Waals surface area (Å²) in [6.07, 6.45) is 21.2. The number of aromatic hydroxyl groups is 1. The minimum Gasteiger partial charge on any atom is -0.668 e. The minimum absolute atomic E-state index is 0.0110. The van der Waals surface area contributed by atoms with Crippen molar-refractivity contribution >= 4 is 23.5 Å². The van der Waals surface area contributed by atoms with E-state index < -0.39 is 11.3 Å². The Bertz CT molecular complexity index is 1530. The first-order valence-electron chi connectivity index (χ1n) is 17.4. The molecule has 0 radical (unpaired) electrons. The molecule has 3 aromatic rings. The van der Waals surface area contributed by atoms with Gasteiger partial charge in [0, 0.05) is 41.5 Å². The number of hydrogen-bond acceptors (Lipinski definition) is 7. The number of carbonyl (C=O) groups excluding carboxylic acids is 2. The maximum Gasteiger partial charge on any atom is 0.161 e. The lowest BCUT2D eigenvalue weighted by Crippen LogP contribution is -2.37. The van der Waals surface area contributed by atoms with E-state index in [0.717, 1.165) is 47.6 Å². The number of pyridine rings is 1. The van der Waals surface area contributed by atoms with Gasteiger partial charge in [-0.05, 0) is 48.4 Å². The highest BCUT2D eigenvalue weighted by atomic mass is 16.5. The van der Waals surface area contributed by atoms with Gasteiger partial charge in [-0.15, -0.1) is 0 Å². The SMILES string of the molecule is COc1cc(CCC(=O)CC(=O)CCCCCCC2CCCCC2)cc(C2c3ccnc(N)c3C=CC2(CO)Cc2ccc[n-]2)c1O. The number of aliphatic hydroxyl groups excluding tert-OH is 1. The van der Waals surface area contributed by atoms with Crippen molar-refractivity contribution in [2.24, 2.45) is 11.3 Å². The minimum atomic E-state index is -0.846. The number of phenolic OH excluding ortho intramolecular Hbond substituents is 1. The molecule has 0 amide bonds. The number of aliphatic hydroxyl groups is 1. The zero-order valence-electron chi connectivity index (χ0n) is 27.8. The van der Waals surface area contributed by atoms with E-state index in [1.165, 1.54) is 52.1 Å². The smallest absolute Gasteiger partial charge is 0.161 e. The quantitative estimate of drug-likeness (QED) is 0.105. The molecule has 1 saturated carbocycles. The van der Waals surface area contributed by atoms with Crippen molar-refractivity contribution < 1.29 is 24.5 Å². The van der Waals surface area contributed by atoms with Crippen molar-refractivity contribution in [1.29, 1.82) is 0 Å². The second-order valence-electron chi connectivity index (χ2n) is 13.6. The highest BCUT2D eigenvalue weighted by Gasteiger charge is 2.43. The number of nitrogens with zero attached hydrogens (tertiary/aromatic N) is 2. The molecule has 1 fully saturated rings. The van der Waals surface area contributed by atoms with Crippen LogP contribution in [0.3, 0.4) is 0 Å². The van der Waals surface area contributed by atoms with E-state index in [4.69, 9.17) is 10.5 Å². The van der Waals surface area contributed by atoms with Crippen LogP contribution >= 0.6 is 0 Å². The predicted octanol–water partition coefficient (Wildman–Crippen LogP) is 7.10. The largest absolute Gasteiger partial charge is 0.668 e. The number of unbranched alkanes of at least 4 members (excludes halogenated alkanes) is 3. The van der Waals surface area contributed by atoms with Gasteiger partial charge in [-0.2, -0.15) is 11.9 Å². The number of aryl methyl sites for hydroxylation is 1. The molecule has 0 spiro atoms. The molecule has 252 valence electrons. The number of anilines is 1. The highest BCUT2D eigenvalue weighted by molar-refractivity contribution is 5.99. The molecule has 0 bridgehead atoms. The zero-order chi connectivity index (χ0) is 33.2. The van der Waals surface area contributed by atoms with Gasteiger partial charge in [-0.3, -0.25) is 9.59 Å². The van der Waals surface area contributed by atoms with Crippen molar-refractivity contribution in [3.05, 3.63) is 76.7 Å². The van der Waals surface area contributed by atoms with Crippen LogP contribution in [0.25, 0.3) is 6.08 Å². The first-order chi connectivity index (χ1) is 22.8. The number of nitrogens with two attached hydrogens (primary N) is 1. The monoisotopic (exact) mass is 640 g/mol. The van der Waals surface area contributed by atoms with Crippen LogP contribution in [0, 0.1) is 11.3 Å².